The van der Waals surface area contributed by atoms with Crippen LogP contribution in [0.25, 0.3) is 11.1 Å². The van der Waals surface area contributed by atoms with Gasteiger partial charge in [0.25, 0.3) is 0 Å². The number of benzene rings is 2. The van der Waals surface area contributed by atoms with Crippen molar-refractivity contribution >= 4 is 17.6 Å². The molecule has 2 bridgehead atoms. The largest absolute Gasteiger partial charge is 0.481 e. The topological polar surface area (TPSA) is 82.4 Å². The van der Waals surface area contributed by atoms with Gasteiger partial charge in [-0.2, -0.15) is 13.2 Å². The van der Waals surface area contributed by atoms with Crippen molar-refractivity contribution in [3.8, 4) is 11.1 Å². The highest BCUT2D eigenvalue weighted by atomic mass is 19.4. The van der Waals surface area contributed by atoms with Gasteiger partial charge in [-0.05, 0) is 80.5 Å². The lowest BCUT2D eigenvalue weighted by atomic mass is 9.59. The minimum Gasteiger partial charge on any atom is -0.481 e. The van der Waals surface area contributed by atoms with Gasteiger partial charge >= 0.3 is 12.1 Å². The molecule has 1 spiro atoms. The van der Waals surface area contributed by atoms with Crippen LogP contribution in [0.5, 0.6) is 0 Å². The van der Waals surface area contributed by atoms with E-state index in [1.807, 2.05) is 4.90 Å². The lowest BCUT2D eigenvalue weighted by Gasteiger charge is -2.44. The number of carboxylic acid groups (broad SMARTS) is 1. The standard InChI is InChI=1S/C32H31F5N2O4/c1-30(2,42)19-5-7-39(8-6-19)21-3-4-22(26(34)12-21)23-10-18(25(33)13-24(23)32(35,36)37)15-43-27-11-20-9-17-14-31(20,16-38-27)28(17)29(40)41/h3-4,9-13,19,28,42H,5-8,14-16H2,1-2H3,(H,40,41)/t28-,31?/m1/s1. The number of piperidine rings is 1. The van der Waals surface area contributed by atoms with Crippen LogP contribution in [0, 0.1) is 28.9 Å². The van der Waals surface area contributed by atoms with E-state index in [-0.39, 0.29) is 29.5 Å². The molecule has 1 saturated heterocycles. The van der Waals surface area contributed by atoms with Crippen LogP contribution in [0.15, 0.2) is 58.6 Å². The highest BCUT2D eigenvalue weighted by Crippen LogP contribution is 2.63. The molecular weight excluding hydrogens is 571 g/mol. The van der Waals surface area contributed by atoms with Crippen LogP contribution in [0.4, 0.5) is 27.6 Å². The Balaban J connectivity index is 1.23. The van der Waals surface area contributed by atoms with Crippen LogP contribution in [0.1, 0.15) is 44.2 Å². The first kappa shape index (κ1) is 29.3. The number of dihydropyridines is 1. The van der Waals surface area contributed by atoms with Gasteiger partial charge in [-0.15, -0.1) is 0 Å². The fraction of sp³-hybridized carbons (Fsp3) is 0.438. The zero-order chi connectivity index (χ0) is 30.9. The maximum Gasteiger partial charge on any atom is 0.417 e. The Kier molecular flexibility index (Phi) is 6.95. The number of rotatable bonds is 6. The average molecular weight is 603 g/mol. The Bertz CT molecular complexity index is 1580. The maximum absolute atomic E-state index is 15.5. The number of hydrogen-bond donors (Lipinski definition) is 2. The van der Waals surface area contributed by atoms with Gasteiger partial charge < -0.3 is 19.8 Å². The van der Waals surface area contributed by atoms with E-state index >= 15 is 4.39 Å². The van der Waals surface area contributed by atoms with Crippen molar-refractivity contribution in [2.45, 2.75) is 51.5 Å². The Morgan fingerprint density at radius 1 is 1.07 bits per heavy atom. The summed E-state index contributed by atoms with van der Waals surface area (Å²) >= 11 is 0. The number of aliphatic hydroxyl groups is 1. The molecule has 0 amide bonds. The highest BCUT2D eigenvalue weighted by Gasteiger charge is 2.61. The van der Waals surface area contributed by atoms with Crippen LogP contribution in [-0.4, -0.2) is 47.3 Å². The second kappa shape index (κ2) is 10.2. The van der Waals surface area contributed by atoms with Crippen molar-refractivity contribution in [2.75, 3.05) is 24.5 Å². The van der Waals surface area contributed by atoms with Crippen LogP contribution < -0.4 is 4.90 Å². The molecule has 0 aromatic heterocycles. The number of ether oxygens (including phenoxy) is 1. The summed E-state index contributed by atoms with van der Waals surface area (Å²) in [6.07, 6.45) is 0.428. The van der Waals surface area contributed by atoms with Gasteiger partial charge in [0.15, 0.2) is 0 Å². The Hall–Kier alpha value is -3.73. The molecule has 228 valence electrons. The van der Waals surface area contributed by atoms with Crippen molar-refractivity contribution in [3.63, 3.8) is 0 Å². The van der Waals surface area contributed by atoms with E-state index in [0.717, 1.165) is 17.2 Å². The fourth-order valence-electron chi connectivity index (χ4n) is 6.94. The maximum atomic E-state index is 15.5. The van der Waals surface area contributed by atoms with Gasteiger partial charge in [-0.25, -0.2) is 8.78 Å². The number of nitrogens with zero attached hydrogens (tertiary/aromatic N) is 2. The molecular formula is C32H31F5N2O4. The molecule has 2 N–H and O–H groups in total. The summed E-state index contributed by atoms with van der Waals surface area (Å²) in [5.74, 6) is -3.37. The number of anilines is 1. The average Bonchev–Trinajstić information content (AvgIpc) is 3.45. The molecule has 2 aliphatic heterocycles. The second-order valence-electron chi connectivity index (χ2n) is 12.4. The number of aliphatic carboxylic acids is 1. The lowest BCUT2D eigenvalue weighted by Crippen LogP contribution is -2.46. The third-order valence-electron chi connectivity index (χ3n) is 9.37. The molecule has 5 aliphatic rings. The third kappa shape index (κ3) is 5.11. The number of allylic oxidation sites excluding steroid dienone is 1. The molecule has 6 nitrogen and oxygen atoms in total. The highest BCUT2D eigenvalue weighted by molar-refractivity contribution is 5.93. The summed E-state index contributed by atoms with van der Waals surface area (Å²) in [5, 5.41) is 19.8. The van der Waals surface area contributed by atoms with Gasteiger partial charge in [-0.1, -0.05) is 11.6 Å². The molecule has 7 rings (SSSR count). The van der Waals surface area contributed by atoms with Gasteiger partial charge in [-0.3, -0.25) is 9.79 Å². The fourth-order valence-corrected chi connectivity index (χ4v) is 6.94. The Labute approximate surface area is 245 Å². The van der Waals surface area contributed by atoms with E-state index in [2.05, 4.69) is 4.99 Å². The van der Waals surface area contributed by atoms with Gasteiger partial charge in [0.05, 0.1) is 23.6 Å². The molecule has 1 saturated carbocycles. The molecule has 0 radical (unpaired) electrons. The van der Waals surface area contributed by atoms with Crippen molar-refractivity contribution in [1.82, 2.24) is 0 Å². The van der Waals surface area contributed by atoms with E-state index in [9.17, 15) is 32.6 Å². The molecule has 3 aliphatic carbocycles. The van der Waals surface area contributed by atoms with Gasteiger partial charge in [0, 0.05) is 41.4 Å². The Morgan fingerprint density at radius 2 is 1.79 bits per heavy atom. The summed E-state index contributed by atoms with van der Waals surface area (Å²) in [4.78, 5) is 17.9. The molecule has 2 heterocycles. The quantitative estimate of drug-likeness (QED) is 0.368. The zero-order valence-electron chi connectivity index (χ0n) is 23.6. The van der Waals surface area contributed by atoms with Crippen molar-refractivity contribution in [3.05, 3.63) is 76.4 Å². The number of alkyl halides is 3. The number of halogens is 5. The van der Waals surface area contributed by atoms with E-state index in [1.54, 1.807) is 32.1 Å². The first-order valence-corrected chi connectivity index (χ1v) is 14.2. The zero-order valence-corrected chi connectivity index (χ0v) is 23.6. The van der Waals surface area contributed by atoms with Crippen LogP contribution in [0.2, 0.25) is 0 Å². The number of carboxylic acids is 1. The molecule has 2 aromatic rings. The van der Waals surface area contributed by atoms with Crippen LogP contribution >= 0.6 is 0 Å². The monoisotopic (exact) mass is 602 g/mol. The van der Waals surface area contributed by atoms with E-state index in [4.69, 9.17) is 4.74 Å². The minimum atomic E-state index is -4.94. The summed E-state index contributed by atoms with van der Waals surface area (Å²) in [5.41, 5.74) is -1.69. The lowest BCUT2D eigenvalue weighted by molar-refractivity contribution is -0.146. The van der Waals surface area contributed by atoms with Crippen molar-refractivity contribution in [2.24, 2.45) is 22.2 Å². The number of carbonyl (C=O) groups is 1. The molecule has 2 fully saturated rings. The molecule has 43 heavy (non-hydrogen) atoms. The summed E-state index contributed by atoms with van der Waals surface area (Å²) < 4.78 is 78.0. The minimum absolute atomic E-state index is 0.0846. The normalized spacial score (nSPS) is 23.7. The molecule has 11 heteroatoms. The molecule has 2 atom stereocenters. The van der Waals surface area contributed by atoms with Gasteiger partial charge in [0.1, 0.15) is 18.2 Å². The van der Waals surface area contributed by atoms with E-state index in [1.165, 1.54) is 12.1 Å². The van der Waals surface area contributed by atoms with Crippen LogP contribution in [-0.2, 0) is 22.3 Å². The number of aliphatic imine (C=N–C) groups is 1. The third-order valence-corrected chi connectivity index (χ3v) is 9.37. The van der Waals surface area contributed by atoms with Crippen molar-refractivity contribution in [1.29, 1.82) is 0 Å². The number of hydrogen-bond acceptors (Lipinski definition) is 5. The predicted octanol–water partition coefficient (Wildman–Crippen LogP) is 6.52. The first-order chi connectivity index (χ1) is 20.2. The first-order valence-electron chi connectivity index (χ1n) is 14.2. The van der Waals surface area contributed by atoms with Crippen molar-refractivity contribution < 1.29 is 41.7 Å². The summed E-state index contributed by atoms with van der Waals surface area (Å²) in [6.45, 7) is 4.36. The predicted molar refractivity (Wildman–Crippen MR) is 149 cm³/mol. The molecule has 2 aromatic carbocycles. The smallest absolute Gasteiger partial charge is 0.417 e. The van der Waals surface area contributed by atoms with Crippen LogP contribution in [0.3, 0.4) is 0 Å². The summed E-state index contributed by atoms with van der Waals surface area (Å²) in [7, 11) is 0. The SMILES string of the molecule is CC(C)(O)C1CCN(c2ccc(-c3cc(COC4=NCC56CC(=CC5=C4)[C@@H]6C(=O)O)c(F)cc3C(F)(F)F)c(F)c2)CC1. The Morgan fingerprint density at radius 3 is 2.42 bits per heavy atom. The van der Waals surface area contributed by atoms with E-state index in [0.29, 0.717) is 44.1 Å². The summed E-state index contributed by atoms with van der Waals surface area (Å²) in [6, 6.07) is 5.31. The second-order valence-corrected chi connectivity index (χ2v) is 12.4. The van der Waals surface area contributed by atoms with E-state index < -0.39 is 58.4 Å². The molecule has 1 unspecified atom stereocenters. The van der Waals surface area contributed by atoms with Gasteiger partial charge in [0.2, 0.25) is 5.90 Å².